The summed E-state index contributed by atoms with van der Waals surface area (Å²) < 4.78 is 13.7. The fraction of sp³-hybridized carbons (Fsp3) is 0.400. The van der Waals surface area contributed by atoms with Gasteiger partial charge in [-0.05, 0) is 85.0 Å². The van der Waals surface area contributed by atoms with E-state index in [0.29, 0.717) is 12.1 Å². The zero-order valence-electron chi connectivity index (χ0n) is 22.0. The molecule has 1 unspecified atom stereocenters. The molecular weight excluding hydrogens is 471 g/mol. The molecule has 4 rings (SSSR count). The molecule has 2 heterocycles. The van der Waals surface area contributed by atoms with Gasteiger partial charge in [0, 0.05) is 22.5 Å². The van der Waals surface area contributed by atoms with Crippen LogP contribution in [0.1, 0.15) is 79.5 Å². The molecule has 3 aromatic rings. The third-order valence-electron chi connectivity index (χ3n) is 6.82. The molecule has 0 saturated carbocycles. The maximum atomic E-state index is 13.8. The molecule has 2 amide bonds. The molecule has 1 aliphatic heterocycles. The highest BCUT2D eigenvalue weighted by molar-refractivity contribution is 7.10. The van der Waals surface area contributed by atoms with E-state index in [4.69, 9.17) is 0 Å². The highest BCUT2D eigenvalue weighted by Gasteiger charge is 2.36. The van der Waals surface area contributed by atoms with Gasteiger partial charge >= 0.3 is 0 Å². The minimum absolute atomic E-state index is 0.00854. The van der Waals surface area contributed by atoms with Crippen LogP contribution < -0.4 is 0 Å². The summed E-state index contributed by atoms with van der Waals surface area (Å²) in [5, 5.41) is 2.04. The molecule has 2 aromatic carbocycles. The lowest BCUT2D eigenvalue weighted by atomic mass is 9.86. The number of fused-ring (bicyclic) bond motifs is 1. The Morgan fingerprint density at radius 1 is 0.972 bits per heavy atom. The lowest BCUT2D eigenvalue weighted by molar-refractivity contribution is -0.135. The van der Waals surface area contributed by atoms with E-state index in [-0.39, 0.29) is 35.6 Å². The Morgan fingerprint density at radius 3 is 2.19 bits per heavy atom. The van der Waals surface area contributed by atoms with Crippen molar-refractivity contribution < 1.29 is 14.0 Å². The van der Waals surface area contributed by atoms with E-state index in [0.717, 1.165) is 23.1 Å². The Morgan fingerprint density at radius 2 is 1.61 bits per heavy atom. The van der Waals surface area contributed by atoms with Crippen molar-refractivity contribution in [1.29, 1.82) is 0 Å². The number of hydrogen-bond acceptors (Lipinski definition) is 3. The van der Waals surface area contributed by atoms with E-state index < -0.39 is 5.54 Å². The predicted octanol–water partition coefficient (Wildman–Crippen LogP) is 6.60. The molecule has 0 spiro atoms. The Kier molecular flexibility index (Phi) is 7.11. The minimum Gasteiger partial charge on any atom is -0.330 e. The van der Waals surface area contributed by atoms with E-state index >= 15 is 0 Å². The zero-order valence-corrected chi connectivity index (χ0v) is 22.8. The quantitative estimate of drug-likeness (QED) is 0.400. The van der Waals surface area contributed by atoms with E-state index in [1.54, 1.807) is 28.4 Å². The number of carbonyl (C=O) groups is 2. The minimum atomic E-state index is -0.551. The average molecular weight is 507 g/mol. The van der Waals surface area contributed by atoms with Crippen LogP contribution in [0.3, 0.4) is 0 Å². The Bertz CT molecular complexity index is 1230. The Labute approximate surface area is 217 Å². The Balaban J connectivity index is 1.62. The molecule has 1 atom stereocenters. The van der Waals surface area contributed by atoms with Crippen LogP contribution in [0.25, 0.3) is 0 Å². The van der Waals surface area contributed by atoms with E-state index in [2.05, 4.69) is 26.8 Å². The van der Waals surface area contributed by atoms with Gasteiger partial charge in [-0.15, -0.1) is 11.3 Å². The van der Waals surface area contributed by atoms with Gasteiger partial charge in [-0.1, -0.05) is 45.0 Å². The second kappa shape index (κ2) is 9.81. The number of thiophene rings is 1. The first-order valence-corrected chi connectivity index (χ1v) is 13.3. The molecule has 0 bridgehead atoms. The summed E-state index contributed by atoms with van der Waals surface area (Å²) in [6.45, 7) is 12.8. The molecular formula is C30H35FN2O2S. The van der Waals surface area contributed by atoms with E-state index in [1.165, 1.54) is 17.0 Å². The zero-order chi connectivity index (χ0) is 26.3. The van der Waals surface area contributed by atoms with Gasteiger partial charge in [0.2, 0.25) is 5.91 Å². The van der Waals surface area contributed by atoms with Crippen molar-refractivity contribution in [2.24, 2.45) is 0 Å². The number of carbonyl (C=O) groups excluding carboxylic acids is 2. The van der Waals surface area contributed by atoms with Crippen molar-refractivity contribution in [3.8, 4) is 0 Å². The second-order valence-corrected chi connectivity index (χ2v) is 12.5. The highest BCUT2D eigenvalue weighted by atomic mass is 32.1. The van der Waals surface area contributed by atoms with Crippen LogP contribution in [0.4, 0.5) is 4.39 Å². The van der Waals surface area contributed by atoms with Crippen molar-refractivity contribution in [3.63, 3.8) is 0 Å². The molecule has 0 fully saturated rings. The fourth-order valence-corrected chi connectivity index (χ4v) is 5.60. The first kappa shape index (κ1) is 26.1. The third-order valence-corrected chi connectivity index (χ3v) is 7.81. The molecule has 6 heteroatoms. The monoisotopic (exact) mass is 506 g/mol. The smallest absolute Gasteiger partial charge is 0.254 e. The van der Waals surface area contributed by atoms with E-state index in [1.807, 2.05) is 55.3 Å². The average Bonchev–Trinajstić information content (AvgIpc) is 3.30. The van der Waals surface area contributed by atoms with Crippen molar-refractivity contribution in [2.45, 2.75) is 65.0 Å². The lowest BCUT2D eigenvalue weighted by Crippen LogP contribution is -2.52. The van der Waals surface area contributed by atoms with Gasteiger partial charge in [-0.3, -0.25) is 9.59 Å². The number of halogens is 1. The lowest BCUT2D eigenvalue weighted by Gasteiger charge is -2.40. The summed E-state index contributed by atoms with van der Waals surface area (Å²) in [5.74, 6) is -0.585. The van der Waals surface area contributed by atoms with Crippen molar-refractivity contribution in [2.75, 3.05) is 13.1 Å². The molecule has 36 heavy (non-hydrogen) atoms. The van der Waals surface area contributed by atoms with Crippen molar-refractivity contribution in [1.82, 2.24) is 9.80 Å². The largest absolute Gasteiger partial charge is 0.330 e. The first-order valence-electron chi connectivity index (χ1n) is 12.4. The molecule has 0 aliphatic carbocycles. The summed E-state index contributed by atoms with van der Waals surface area (Å²) >= 11 is 1.69. The summed E-state index contributed by atoms with van der Waals surface area (Å²) in [6, 6.07) is 15.8. The summed E-state index contributed by atoms with van der Waals surface area (Å²) in [4.78, 5) is 32.2. The van der Waals surface area contributed by atoms with Gasteiger partial charge < -0.3 is 9.80 Å². The van der Waals surface area contributed by atoms with Crippen LogP contribution >= 0.6 is 11.3 Å². The number of benzene rings is 2. The topological polar surface area (TPSA) is 40.6 Å². The molecule has 1 aliphatic rings. The van der Waals surface area contributed by atoms with Crippen LogP contribution in [0.5, 0.6) is 0 Å². The maximum Gasteiger partial charge on any atom is 0.254 e. The summed E-state index contributed by atoms with van der Waals surface area (Å²) in [6.07, 6.45) is 0.772. The van der Waals surface area contributed by atoms with Gasteiger partial charge in [0.15, 0.2) is 0 Å². The van der Waals surface area contributed by atoms with Gasteiger partial charge in [0.25, 0.3) is 5.91 Å². The molecule has 190 valence electrons. The number of rotatable bonds is 4. The number of nitrogens with zero attached hydrogens (tertiary/aromatic N) is 2. The van der Waals surface area contributed by atoms with Gasteiger partial charge in [0.05, 0.1) is 6.04 Å². The standard InChI is InChI=1S/C30H35FN2O2S/c1-29(2,3)22-11-7-21(8-12-22)28(35)33(30(4,5)6)19-26(34)32-17-15-25-24(16-18-36-25)27(32)20-9-13-23(31)14-10-20/h7-14,16,18,27H,15,17,19H2,1-6H3. The van der Waals surface area contributed by atoms with Gasteiger partial charge in [-0.25, -0.2) is 4.39 Å². The summed E-state index contributed by atoms with van der Waals surface area (Å²) in [7, 11) is 0. The second-order valence-electron chi connectivity index (χ2n) is 11.5. The normalized spacial score (nSPS) is 16.0. The first-order chi connectivity index (χ1) is 16.9. The Hall–Kier alpha value is -2.99. The van der Waals surface area contributed by atoms with Crippen LogP contribution in [-0.2, 0) is 16.6 Å². The summed E-state index contributed by atoms with van der Waals surface area (Å²) in [5.41, 5.74) is 3.11. The molecule has 0 N–H and O–H groups in total. The SMILES string of the molecule is CC(C)(C)c1ccc(C(=O)N(CC(=O)N2CCc3sccc3C2c2ccc(F)cc2)C(C)(C)C)cc1. The van der Waals surface area contributed by atoms with Gasteiger partial charge in [0.1, 0.15) is 12.4 Å². The van der Waals surface area contributed by atoms with E-state index in [9.17, 15) is 14.0 Å². The van der Waals surface area contributed by atoms with Crippen molar-refractivity contribution >= 4 is 23.2 Å². The third kappa shape index (κ3) is 5.39. The van der Waals surface area contributed by atoms with Crippen LogP contribution in [0.15, 0.2) is 60.0 Å². The van der Waals surface area contributed by atoms with Gasteiger partial charge in [-0.2, -0.15) is 0 Å². The highest BCUT2D eigenvalue weighted by Crippen LogP contribution is 2.38. The van der Waals surface area contributed by atoms with Crippen molar-refractivity contribution in [3.05, 3.63) is 92.9 Å². The predicted molar refractivity (Wildman–Crippen MR) is 144 cm³/mol. The molecule has 4 nitrogen and oxygen atoms in total. The molecule has 1 aromatic heterocycles. The number of hydrogen-bond donors (Lipinski definition) is 0. The van der Waals surface area contributed by atoms with Crippen LogP contribution in [-0.4, -0.2) is 40.2 Å². The molecule has 0 radical (unpaired) electrons. The fourth-order valence-electron chi connectivity index (χ4n) is 4.70. The molecule has 0 saturated heterocycles. The number of amides is 2. The van der Waals surface area contributed by atoms with Crippen LogP contribution in [0, 0.1) is 5.82 Å². The van der Waals surface area contributed by atoms with Crippen LogP contribution in [0.2, 0.25) is 0 Å². The maximum absolute atomic E-state index is 13.8.